The molecule has 0 aliphatic heterocycles. The molecule has 2 aromatic carbocycles. The zero-order chi connectivity index (χ0) is 22.8. The van der Waals surface area contributed by atoms with Gasteiger partial charge in [-0.15, -0.1) is 0 Å². The summed E-state index contributed by atoms with van der Waals surface area (Å²) in [5, 5.41) is 12.6. The van der Waals surface area contributed by atoms with Gasteiger partial charge in [-0.2, -0.15) is 0 Å². The fourth-order valence-electron chi connectivity index (χ4n) is 2.91. The molecule has 166 valence electrons. The zero-order valence-corrected chi connectivity index (χ0v) is 19.1. The fraction of sp³-hybridized carbons (Fsp3) is 0.304. The molecule has 0 saturated heterocycles. The van der Waals surface area contributed by atoms with E-state index in [2.05, 4.69) is 23.3 Å². The van der Waals surface area contributed by atoms with Crippen LogP contribution >= 0.6 is 11.3 Å². The normalized spacial score (nSPS) is 10.2. The highest BCUT2D eigenvalue weighted by atomic mass is 32.1. The standard InChI is InChI=1S/C12H19NO2.C11H10N2O2S/c1-4-13-8-7-10-5-6-11(14-2)12(9-10)15-3;1-6-3-2-4-7(5-6)9-8(10(14)15)13-11(12)16-9/h5-6,9,13H,4,7-8H2,1-3H3;2-5H,1H3,(H2,12,13)(H,14,15). The van der Waals surface area contributed by atoms with Gasteiger partial charge >= 0.3 is 5.97 Å². The summed E-state index contributed by atoms with van der Waals surface area (Å²) >= 11 is 1.19. The van der Waals surface area contributed by atoms with Crippen LogP contribution in [0.1, 0.15) is 28.5 Å². The molecule has 1 aromatic heterocycles. The van der Waals surface area contributed by atoms with E-state index in [1.807, 2.05) is 43.3 Å². The summed E-state index contributed by atoms with van der Waals surface area (Å²) in [5.41, 5.74) is 8.73. The maximum absolute atomic E-state index is 11.0. The van der Waals surface area contributed by atoms with Crippen molar-refractivity contribution in [1.29, 1.82) is 0 Å². The van der Waals surface area contributed by atoms with Crippen molar-refractivity contribution >= 4 is 22.4 Å². The van der Waals surface area contributed by atoms with Gasteiger partial charge in [-0.05, 0) is 49.7 Å². The van der Waals surface area contributed by atoms with E-state index in [4.69, 9.17) is 20.3 Å². The Morgan fingerprint density at radius 3 is 2.52 bits per heavy atom. The number of thiazole rings is 1. The first kappa shape index (κ1) is 24.2. The number of carboxylic acids is 1. The molecule has 0 aliphatic rings. The number of aromatic carboxylic acids is 1. The lowest BCUT2D eigenvalue weighted by molar-refractivity contribution is 0.0692. The van der Waals surface area contributed by atoms with Crippen molar-refractivity contribution in [1.82, 2.24) is 10.3 Å². The second-order valence-electron chi connectivity index (χ2n) is 6.70. The lowest BCUT2D eigenvalue weighted by Crippen LogP contribution is -2.16. The first-order chi connectivity index (χ1) is 14.9. The number of aromatic nitrogens is 1. The average Bonchev–Trinajstić information content (AvgIpc) is 3.16. The van der Waals surface area contributed by atoms with Gasteiger partial charge in [0.1, 0.15) is 0 Å². The lowest BCUT2D eigenvalue weighted by Gasteiger charge is -2.09. The number of carboxylic acid groups (broad SMARTS) is 1. The van der Waals surface area contributed by atoms with Gasteiger partial charge in [0.15, 0.2) is 22.3 Å². The summed E-state index contributed by atoms with van der Waals surface area (Å²) in [5.74, 6) is 0.528. The molecule has 3 rings (SSSR count). The summed E-state index contributed by atoms with van der Waals surface area (Å²) in [6.45, 7) is 6.06. The van der Waals surface area contributed by atoms with Crippen molar-refractivity contribution < 1.29 is 19.4 Å². The van der Waals surface area contributed by atoms with Gasteiger partial charge in [0.25, 0.3) is 0 Å². The summed E-state index contributed by atoms with van der Waals surface area (Å²) in [6.07, 6.45) is 1.01. The van der Waals surface area contributed by atoms with Crippen molar-refractivity contribution in [3.8, 4) is 21.9 Å². The molecule has 0 radical (unpaired) electrons. The van der Waals surface area contributed by atoms with E-state index < -0.39 is 5.97 Å². The Morgan fingerprint density at radius 1 is 1.16 bits per heavy atom. The molecule has 0 amide bonds. The van der Waals surface area contributed by atoms with E-state index in [1.165, 1.54) is 16.9 Å². The van der Waals surface area contributed by atoms with Crippen LogP contribution in [0, 0.1) is 6.92 Å². The van der Waals surface area contributed by atoms with Gasteiger partial charge < -0.3 is 25.6 Å². The molecule has 7 nitrogen and oxygen atoms in total. The van der Waals surface area contributed by atoms with E-state index in [-0.39, 0.29) is 10.8 Å². The second-order valence-corrected chi connectivity index (χ2v) is 7.73. The zero-order valence-electron chi connectivity index (χ0n) is 18.3. The van der Waals surface area contributed by atoms with Gasteiger partial charge in [0, 0.05) is 0 Å². The average molecular weight is 444 g/mol. The first-order valence-electron chi connectivity index (χ1n) is 9.87. The highest BCUT2D eigenvalue weighted by Gasteiger charge is 2.17. The van der Waals surface area contributed by atoms with E-state index in [0.29, 0.717) is 4.88 Å². The van der Waals surface area contributed by atoms with Crippen molar-refractivity contribution in [3.05, 3.63) is 59.3 Å². The Hall–Kier alpha value is -3.10. The number of nitrogens with two attached hydrogens (primary N) is 1. The van der Waals surface area contributed by atoms with Crippen LogP contribution in [-0.4, -0.2) is 43.4 Å². The molecule has 3 aromatic rings. The quantitative estimate of drug-likeness (QED) is 0.447. The predicted octanol–water partition coefficient (Wildman–Crippen LogP) is 4.25. The Kier molecular flexibility index (Phi) is 9.30. The molecule has 4 N–H and O–H groups in total. The smallest absolute Gasteiger partial charge is 0.356 e. The number of benzene rings is 2. The lowest BCUT2D eigenvalue weighted by atomic mass is 10.1. The van der Waals surface area contributed by atoms with Crippen molar-refractivity contribution in [2.45, 2.75) is 20.3 Å². The minimum absolute atomic E-state index is 0.0214. The summed E-state index contributed by atoms with van der Waals surface area (Å²) in [4.78, 5) is 15.4. The number of nitrogens with zero attached hydrogens (tertiary/aromatic N) is 1. The number of hydrogen-bond donors (Lipinski definition) is 3. The van der Waals surface area contributed by atoms with Crippen LogP contribution in [0.2, 0.25) is 0 Å². The third-order valence-electron chi connectivity index (χ3n) is 4.41. The molecule has 0 atom stereocenters. The highest BCUT2D eigenvalue weighted by molar-refractivity contribution is 7.19. The fourth-order valence-corrected chi connectivity index (χ4v) is 3.73. The third-order valence-corrected chi connectivity index (χ3v) is 5.35. The molecule has 8 heteroatoms. The van der Waals surface area contributed by atoms with Crippen molar-refractivity contribution in [3.63, 3.8) is 0 Å². The topological polar surface area (TPSA) is 107 Å². The summed E-state index contributed by atoms with van der Waals surface area (Å²) < 4.78 is 10.4. The molecule has 0 bridgehead atoms. The van der Waals surface area contributed by atoms with E-state index in [9.17, 15) is 4.79 Å². The number of methoxy groups -OCH3 is 2. The van der Waals surface area contributed by atoms with Crippen LogP contribution in [0.15, 0.2) is 42.5 Å². The first-order valence-corrected chi connectivity index (χ1v) is 10.7. The molecular formula is C23H29N3O4S. The number of carbonyl (C=O) groups is 1. The Labute approximate surface area is 186 Å². The number of anilines is 1. The summed E-state index contributed by atoms with van der Waals surface area (Å²) in [6, 6.07) is 13.6. The van der Waals surface area contributed by atoms with Crippen molar-refractivity contribution in [2.24, 2.45) is 0 Å². The maximum atomic E-state index is 11.0. The van der Waals surface area contributed by atoms with E-state index >= 15 is 0 Å². The Balaban J connectivity index is 0.000000221. The predicted molar refractivity (Wildman–Crippen MR) is 125 cm³/mol. The number of ether oxygens (including phenoxy) is 2. The molecule has 0 unspecified atom stereocenters. The highest BCUT2D eigenvalue weighted by Crippen LogP contribution is 2.32. The Bertz CT molecular complexity index is 1000. The van der Waals surface area contributed by atoms with Crippen LogP contribution in [-0.2, 0) is 6.42 Å². The largest absolute Gasteiger partial charge is 0.493 e. The number of nitrogens with one attached hydrogen (secondary N) is 1. The Morgan fingerprint density at radius 2 is 1.90 bits per heavy atom. The molecule has 0 spiro atoms. The van der Waals surface area contributed by atoms with Crippen LogP contribution in [0.25, 0.3) is 10.4 Å². The van der Waals surface area contributed by atoms with Gasteiger partial charge in [0.05, 0.1) is 19.1 Å². The molecule has 31 heavy (non-hydrogen) atoms. The van der Waals surface area contributed by atoms with Gasteiger partial charge in [0.2, 0.25) is 0 Å². The molecular weight excluding hydrogens is 414 g/mol. The molecule has 0 aliphatic carbocycles. The number of hydrogen-bond acceptors (Lipinski definition) is 7. The molecule has 0 fully saturated rings. The van der Waals surface area contributed by atoms with Crippen molar-refractivity contribution in [2.75, 3.05) is 33.0 Å². The maximum Gasteiger partial charge on any atom is 0.356 e. The van der Waals surface area contributed by atoms with Crippen LogP contribution in [0.3, 0.4) is 0 Å². The number of nitrogen functional groups attached to an aromatic ring is 1. The van der Waals surface area contributed by atoms with E-state index in [1.54, 1.807) is 14.2 Å². The molecule has 0 saturated carbocycles. The molecule has 1 heterocycles. The second kappa shape index (κ2) is 11.9. The van der Waals surface area contributed by atoms with Gasteiger partial charge in [-0.1, -0.05) is 54.2 Å². The summed E-state index contributed by atoms with van der Waals surface area (Å²) in [7, 11) is 3.31. The van der Waals surface area contributed by atoms with Crippen LogP contribution < -0.4 is 20.5 Å². The van der Waals surface area contributed by atoms with Crippen LogP contribution in [0.4, 0.5) is 5.13 Å². The SMILES string of the molecule is CCNCCc1ccc(OC)c(OC)c1.Cc1cccc(-c2sc(N)nc2C(=O)O)c1. The third kappa shape index (κ3) is 6.97. The number of likely N-dealkylation sites (N-methyl/N-ethyl adjacent to an activating group) is 1. The minimum Gasteiger partial charge on any atom is -0.493 e. The number of rotatable bonds is 8. The number of aryl methyl sites for hydroxylation is 1. The monoisotopic (exact) mass is 443 g/mol. The minimum atomic E-state index is -1.05. The van der Waals surface area contributed by atoms with E-state index in [0.717, 1.165) is 42.1 Å². The van der Waals surface area contributed by atoms with Crippen LogP contribution in [0.5, 0.6) is 11.5 Å². The van der Waals surface area contributed by atoms with Gasteiger partial charge in [-0.3, -0.25) is 0 Å². The van der Waals surface area contributed by atoms with Gasteiger partial charge in [-0.25, -0.2) is 9.78 Å².